The van der Waals surface area contributed by atoms with Gasteiger partial charge in [-0.15, -0.1) is 0 Å². The number of benzene rings is 2. The number of hydrogen-bond donors (Lipinski definition) is 0. The normalized spacial score (nSPS) is 12.2. The highest BCUT2D eigenvalue weighted by Crippen LogP contribution is 2.26. The first kappa shape index (κ1) is 13.8. The Balaban J connectivity index is 2.29. The van der Waals surface area contributed by atoms with Crippen LogP contribution < -0.4 is 0 Å². The molecular formula is C16H14ClFO. The highest BCUT2D eigenvalue weighted by atomic mass is 35.5. The van der Waals surface area contributed by atoms with Gasteiger partial charge in [-0.3, -0.25) is 4.79 Å². The number of carbonyl (C=O) groups is 1. The summed E-state index contributed by atoms with van der Waals surface area (Å²) in [5.41, 5.74) is 2.85. The highest BCUT2D eigenvalue weighted by Gasteiger charge is 2.20. The molecule has 0 amide bonds. The zero-order chi connectivity index (χ0) is 13.8. The van der Waals surface area contributed by atoms with Crippen molar-refractivity contribution >= 4 is 16.8 Å². The van der Waals surface area contributed by atoms with Crippen molar-refractivity contribution in [3.63, 3.8) is 0 Å². The second-order valence-electron chi connectivity index (χ2n) is 4.54. The molecule has 0 saturated carbocycles. The van der Waals surface area contributed by atoms with Crippen LogP contribution in [0, 0.1) is 12.7 Å². The third kappa shape index (κ3) is 3.42. The first-order valence-corrected chi connectivity index (χ1v) is 6.45. The van der Waals surface area contributed by atoms with E-state index in [1.54, 1.807) is 12.1 Å². The number of aryl methyl sites for hydroxylation is 1. The lowest BCUT2D eigenvalue weighted by atomic mass is 9.90. The van der Waals surface area contributed by atoms with Crippen LogP contribution in [-0.4, -0.2) is 5.24 Å². The molecule has 98 valence electrons. The van der Waals surface area contributed by atoms with Crippen molar-refractivity contribution in [2.45, 2.75) is 19.3 Å². The summed E-state index contributed by atoms with van der Waals surface area (Å²) in [6.07, 6.45) is 0.480. The lowest BCUT2D eigenvalue weighted by Crippen LogP contribution is -2.11. The van der Waals surface area contributed by atoms with Crippen LogP contribution in [0.5, 0.6) is 0 Å². The first-order valence-electron chi connectivity index (χ1n) is 6.07. The molecule has 3 heteroatoms. The van der Waals surface area contributed by atoms with Crippen LogP contribution in [0.2, 0.25) is 0 Å². The molecule has 0 fully saturated rings. The van der Waals surface area contributed by atoms with Crippen LogP contribution in [0.25, 0.3) is 0 Å². The van der Waals surface area contributed by atoms with E-state index < -0.39 is 11.2 Å². The van der Waals surface area contributed by atoms with Gasteiger partial charge in [0.1, 0.15) is 5.82 Å². The Morgan fingerprint density at radius 2 is 1.79 bits per heavy atom. The second-order valence-corrected chi connectivity index (χ2v) is 4.92. The fourth-order valence-corrected chi connectivity index (χ4v) is 2.34. The van der Waals surface area contributed by atoms with Crippen molar-refractivity contribution in [3.8, 4) is 0 Å². The molecular weight excluding hydrogens is 263 g/mol. The van der Waals surface area contributed by atoms with E-state index in [4.69, 9.17) is 11.6 Å². The van der Waals surface area contributed by atoms with E-state index in [-0.39, 0.29) is 5.82 Å². The van der Waals surface area contributed by atoms with Crippen molar-refractivity contribution in [2.75, 3.05) is 0 Å². The van der Waals surface area contributed by atoms with Gasteiger partial charge in [0.25, 0.3) is 0 Å². The fourth-order valence-electron chi connectivity index (χ4n) is 2.15. The van der Waals surface area contributed by atoms with Gasteiger partial charge in [0.2, 0.25) is 5.24 Å². The van der Waals surface area contributed by atoms with Gasteiger partial charge in [-0.25, -0.2) is 4.39 Å². The predicted molar refractivity (Wildman–Crippen MR) is 74.9 cm³/mol. The lowest BCUT2D eigenvalue weighted by Gasteiger charge is -2.15. The smallest absolute Gasteiger partial charge is 0.229 e. The lowest BCUT2D eigenvalue weighted by molar-refractivity contribution is -0.113. The molecule has 1 nitrogen and oxygen atoms in total. The van der Waals surface area contributed by atoms with Gasteiger partial charge in [-0.05, 0) is 53.8 Å². The topological polar surface area (TPSA) is 17.1 Å². The third-order valence-electron chi connectivity index (χ3n) is 3.19. The standard InChI is InChI=1S/C16H14ClFO/c1-11-4-2-3-5-14(11)15(16(17)19)10-12-6-8-13(18)9-7-12/h2-9,15H,10H2,1H3. The molecule has 2 rings (SSSR count). The maximum atomic E-state index is 12.9. The average molecular weight is 277 g/mol. The predicted octanol–water partition coefficient (Wildman–Crippen LogP) is 4.23. The Morgan fingerprint density at radius 3 is 2.37 bits per heavy atom. The number of halogens is 2. The maximum Gasteiger partial charge on any atom is 0.229 e. The highest BCUT2D eigenvalue weighted by molar-refractivity contribution is 6.64. The Kier molecular flexibility index (Phi) is 4.33. The van der Waals surface area contributed by atoms with Crippen molar-refractivity contribution in [1.82, 2.24) is 0 Å². The summed E-state index contributed by atoms with van der Waals surface area (Å²) >= 11 is 5.72. The minimum atomic E-state index is -0.395. The van der Waals surface area contributed by atoms with E-state index in [1.165, 1.54) is 12.1 Å². The van der Waals surface area contributed by atoms with Gasteiger partial charge in [0.05, 0.1) is 5.92 Å². The molecule has 0 saturated heterocycles. The summed E-state index contributed by atoms with van der Waals surface area (Å²) in [6, 6.07) is 13.8. The van der Waals surface area contributed by atoms with Gasteiger partial charge in [-0.1, -0.05) is 36.4 Å². The van der Waals surface area contributed by atoms with Crippen LogP contribution in [0.15, 0.2) is 48.5 Å². The summed E-state index contributed by atoms with van der Waals surface area (Å²) < 4.78 is 12.9. The molecule has 0 aliphatic rings. The Hall–Kier alpha value is -1.67. The molecule has 1 atom stereocenters. The number of rotatable bonds is 4. The fraction of sp³-hybridized carbons (Fsp3) is 0.188. The first-order chi connectivity index (χ1) is 9.08. The minimum absolute atomic E-state index is 0.284. The molecule has 19 heavy (non-hydrogen) atoms. The molecule has 0 spiro atoms. The number of hydrogen-bond acceptors (Lipinski definition) is 1. The zero-order valence-electron chi connectivity index (χ0n) is 10.6. The Labute approximate surface area is 117 Å². The average Bonchev–Trinajstić information content (AvgIpc) is 2.39. The third-order valence-corrected chi connectivity index (χ3v) is 3.45. The summed E-state index contributed by atoms with van der Waals surface area (Å²) in [7, 11) is 0. The number of carbonyl (C=O) groups excluding carboxylic acids is 1. The van der Waals surface area contributed by atoms with Crippen LogP contribution in [0.3, 0.4) is 0 Å². The van der Waals surface area contributed by atoms with E-state index in [0.29, 0.717) is 6.42 Å². The monoisotopic (exact) mass is 276 g/mol. The van der Waals surface area contributed by atoms with Crippen molar-refractivity contribution in [2.24, 2.45) is 0 Å². The van der Waals surface area contributed by atoms with Gasteiger partial charge in [-0.2, -0.15) is 0 Å². The molecule has 0 aliphatic carbocycles. The van der Waals surface area contributed by atoms with Gasteiger partial charge >= 0.3 is 0 Å². The van der Waals surface area contributed by atoms with Crippen LogP contribution >= 0.6 is 11.6 Å². The van der Waals surface area contributed by atoms with Gasteiger partial charge in [0.15, 0.2) is 0 Å². The minimum Gasteiger partial charge on any atom is -0.281 e. The van der Waals surface area contributed by atoms with Crippen molar-refractivity contribution in [1.29, 1.82) is 0 Å². The quantitative estimate of drug-likeness (QED) is 0.764. The maximum absolute atomic E-state index is 12.9. The summed E-state index contributed by atoms with van der Waals surface area (Å²) in [5, 5.41) is -0.390. The molecule has 0 N–H and O–H groups in total. The SMILES string of the molecule is Cc1ccccc1C(Cc1ccc(F)cc1)C(=O)Cl. The molecule has 0 radical (unpaired) electrons. The van der Waals surface area contributed by atoms with Gasteiger partial charge in [0, 0.05) is 0 Å². The molecule has 0 bridgehead atoms. The molecule has 0 aromatic heterocycles. The molecule has 0 aliphatic heterocycles. The zero-order valence-corrected chi connectivity index (χ0v) is 11.3. The van der Waals surface area contributed by atoms with Crippen molar-refractivity contribution in [3.05, 3.63) is 71.0 Å². The Bertz CT molecular complexity index is 578. The molecule has 0 heterocycles. The summed E-state index contributed by atoms with van der Waals surface area (Å²) in [5.74, 6) is -0.679. The van der Waals surface area contributed by atoms with Crippen LogP contribution in [-0.2, 0) is 11.2 Å². The van der Waals surface area contributed by atoms with E-state index in [9.17, 15) is 9.18 Å². The van der Waals surface area contributed by atoms with E-state index in [2.05, 4.69) is 0 Å². The summed E-state index contributed by atoms with van der Waals surface area (Å²) in [6.45, 7) is 1.95. The van der Waals surface area contributed by atoms with Crippen LogP contribution in [0.1, 0.15) is 22.6 Å². The molecule has 2 aromatic rings. The second kappa shape index (κ2) is 5.98. The van der Waals surface area contributed by atoms with Crippen molar-refractivity contribution < 1.29 is 9.18 Å². The van der Waals surface area contributed by atoms with E-state index in [0.717, 1.165) is 16.7 Å². The van der Waals surface area contributed by atoms with E-state index >= 15 is 0 Å². The summed E-state index contributed by atoms with van der Waals surface area (Å²) in [4.78, 5) is 11.7. The molecule has 2 aromatic carbocycles. The Morgan fingerprint density at radius 1 is 1.16 bits per heavy atom. The largest absolute Gasteiger partial charge is 0.281 e. The van der Waals surface area contributed by atoms with Gasteiger partial charge < -0.3 is 0 Å². The van der Waals surface area contributed by atoms with E-state index in [1.807, 2.05) is 31.2 Å². The molecule has 1 unspecified atom stereocenters. The van der Waals surface area contributed by atoms with Crippen LogP contribution in [0.4, 0.5) is 4.39 Å².